The molecular formula is C15H27N3O4. The van der Waals surface area contributed by atoms with Crippen LogP contribution in [-0.2, 0) is 9.47 Å². The lowest BCUT2D eigenvalue weighted by molar-refractivity contribution is -0.0453. The van der Waals surface area contributed by atoms with Gasteiger partial charge in [-0.3, -0.25) is 14.3 Å². The van der Waals surface area contributed by atoms with E-state index in [1.165, 1.54) is 10.8 Å². The van der Waals surface area contributed by atoms with E-state index in [2.05, 4.69) is 4.98 Å². The van der Waals surface area contributed by atoms with E-state index < -0.39 is 11.9 Å². The summed E-state index contributed by atoms with van der Waals surface area (Å²) in [6.07, 6.45) is 2.28. The Hall–Kier alpha value is -1.44. The molecule has 1 aliphatic heterocycles. The summed E-state index contributed by atoms with van der Waals surface area (Å²) in [6, 6.07) is -0.184. The minimum absolute atomic E-state index is 0.184. The van der Waals surface area contributed by atoms with Crippen molar-refractivity contribution in [2.45, 2.75) is 58.9 Å². The van der Waals surface area contributed by atoms with E-state index in [0.29, 0.717) is 25.2 Å². The smallest absolute Gasteiger partial charge is 0.330 e. The fourth-order valence-corrected chi connectivity index (χ4v) is 2.23. The molecule has 2 rings (SSSR count). The van der Waals surface area contributed by atoms with Crippen LogP contribution in [0.3, 0.4) is 0 Å². The third kappa shape index (κ3) is 4.53. The minimum atomic E-state index is -0.479. The molecule has 7 nitrogen and oxygen atoms in total. The summed E-state index contributed by atoms with van der Waals surface area (Å²) in [6.45, 7) is 8.75. The molecule has 3 unspecified atom stereocenters. The van der Waals surface area contributed by atoms with Crippen LogP contribution >= 0.6 is 0 Å². The van der Waals surface area contributed by atoms with Crippen LogP contribution < -0.4 is 17.0 Å². The SMILES string of the molecule is CC.CCCOCC1OC(n2cc(C)c(=O)[nH]c2=O)CC1N. The number of aryl methyl sites for hydroxylation is 1. The number of nitrogens with zero attached hydrogens (tertiary/aromatic N) is 1. The summed E-state index contributed by atoms with van der Waals surface area (Å²) >= 11 is 0. The molecule has 0 aromatic carbocycles. The van der Waals surface area contributed by atoms with Crippen molar-refractivity contribution in [2.75, 3.05) is 13.2 Å². The largest absolute Gasteiger partial charge is 0.379 e. The molecule has 7 heteroatoms. The van der Waals surface area contributed by atoms with Gasteiger partial charge in [0.15, 0.2) is 0 Å². The van der Waals surface area contributed by atoms with Crippen molar-refractivity contribution in [1.82, 2.24) is 9.55 Å². The number of nitrogens with two attached hydrogens (primary N) is 1. The molecule has 3 N–H and O–H groups in total. The summed E-state index contributed by atoms with van der Waals surface area (Å²) < 4.78 is 12.6. The molecule has 1 aromatic heterocycles. The van der Waals surface area contributed by atoms with Gasteiger partial charge in [0.05, 0.1) is 12.7 Å². The number of hydrogen-bond donors (Lipinski definition) is 2. The van der Waals surface area contributed by atoms with Crippen molar-refractivity contribution < 1.29 is 9.47 Å². The Kier molecular flexibility index (Phi) is 7.50. The van der Waals surface area contributed by atoms with Gasteiger partial charge in [0.25, 0.3) is 5.56 Å². The average Bonchev–Trinajstić information content (AvgIpc) is 2.86. The van der Waals surface area contributed by atoms with Crippen molar-refractivity contribution >= 4 is 0 Å². The van der Waals surface area contributed by atoms with Crippen LogP contribution in [0.4, 0.5) is 0 Å². The monoisotopic (exact) mass is 313 g/mol. The lowest BCUT2D eigenvalue weighted by Gasteiger charge is -2.16. The topological polar surface area (TPSA) is 99.3 Å². The lowest BCUT2D eigenvalue weighted by atomic mass is 10.1. The predicted molar refractivity (Wildman–Crippen MR) is 85.0 cm³/mol. The Morgan fingerprint density at radius 1 is 1.45 bits per heavy atom. The highest BCUT2D eigenvalue weighted by atomic mass is 16.6. The van der Waals surface area contributed by atoms with E-state index >= 15 is 0 Å². The molecule has 0 aliphatic carbocycles. The van der Waals surface area contributed by atoms with E-state index in [1.54, 1.807) is 6.92 Å². The second-order valence-electron chi connectivity index (χ2n) is 5.08. The number of hydrogen-bond acceptors (Lipinski definition) is 5. The van der Waals surface area contributed by atoms with Gasteiger partial charge >= 0.3 is 5.69 Å². The van der Waals surface area contributed by atoms with Gasteiger partial charge in [0.2, 0.25) is 0 Å². The number of aromatic nitrogens is 2. The van der Waals surface area contributed by atoms with Crippen LogP contribution in [0.15, 0.2) is 15.8 Å². The molecule has 1 fully saturated rings. The van der Waals surface area contributed by atoms with Crippen LogP contribution in [0, 0.1) is 6.92 Å². The van der Waals surface area contributed by atoms with Gasteiger partial charge in [-0.25, -0.2) is 4.79 Å². The Labute approximate surface area is 130 Å². The first kappa shape index (κ1) is 18.6. The summed E-state index contributed by atoms with van der Waals surface area (Å²) in [5.74, 6) is 0. The third-order valence-electron chi connectivity index (χ3n) is 3.37. The van der Waals surface area contributed by atoms with Crippen LogP contribution in [-0.4, -0.2) is 34.9 Å². The third-order valence-corrected chi connectivity index (χ3v) is 3.37. The number of rotatable bonds is 5. The molecule has 1 aliphatic rings. The molecule has 1 aromatic rings. The first-order valence-electron chi connectivity index (χ1n) is 7.83. The molecule has 2 heterocycles. The maximum Gasteiger partial charge on any atom is 0.330 e. The van der Waals surface area contributed by atoms with Crippen molar-refractivity contribution in [1.29, 1.82) is 0 Å². The van der Waals surface area contributed by atoms with Crippen molar-refractivity contribution in [3.63, 3.8) is 0 Å². The molecule has 22 heavy (non-hydrogen) atoms. The maximum absolute atomic E-state index is 11.8. The predicted octanol–water partition coefficient (Wildman–Crippen LogP) is 0.913. The van der Waals surface area contributed by atoms with Crippen molar-refractivity contribution in [2.24, 2.45) is 5.73 Å². The molecular weight excluding hydrogens is 286 g/mol. The van der Waals surface area contributed by atoms with Gasteiger partial charge in [0, 0.05) is 30.8 Å². The summed E-state index contributed by atoms with van der Waals surface area (Å²) in [7, 11) is 0. The van der Waals surface area contributed by atoms with Crippen LogP contribution in [0.5, 0.6) is 0 Å². The maximum atomic E-state index is 11.8. The molecule has 0 amide bonds. The molecule has 3 atom stereocenters. The minimum Gasteiger partial charge on any atom is -0.379 e. The molecule has 1 saturated heterocycles. The van der Waals surface area contributed by atoms with Crippen molar-refractivity contribution in [3.8, 4) is 0 Å². The van der Waals surface area contributed by atoms with Gasteiger partial charge < -0.3 is 15.2 Å². The normalized spacial score (nSPS) is 24.0. The van der Waals surface area contributed by atoms with Crippen LogP contribution in [0.25, 0.3) is 0 Å². The van der Waals surface area contributed by atoms with E-state index in [9.17, 15) is 9.59 Å². The standard InChI is InChI=1S/C13H21N3O4.C2H6/c1-3-4-19-7-10-9(14)5-11(20-10)16-6-8(2)12(17)15-13(16)18;1-2/h6,9-11H,3-5,7,14H2,1-2H3,(H,15,17,18);1-2H3. The number of ether oxygens (including phenoxy) is 2. The van der Waals surface area contributed by atoms with Crippen LogP contribution in [0.2, 0.25) is 0 Å². The van der Waals surface area contributed by atoms with Gasteiger partial charge in [-0.05, 0) is 13.3 Å². The first-order chi connectivity index (χ1) is 10.5. The Morgan fingerprint density at radius 3 is 2.77 bits per heavy atom. The number of aromatic amines is 1. The van der Waals surface area contributed by atoms with Gasteiger partial charge in [-0.1, -0.05) is 20.8 Å². The molecule has 126 valence electrons. The van der Waals surface area contributed by atoms with Gasteiger partial charge in [-0.2, -0.15) is 0 Å². The fraction of sp³-hybridized carbons (Fsp3) is 0.733. The highest BCUT2D eigenvalue weighted by molar-refractivity contribution is 5.02. The quantitative estimate of drug-likeness (QED) is 0.787. The highest BCUT2D eigenvalue weighted by Crippen LogP contribution is 2.26. The summed E-state index contributed by atoms with van der Waals surface area (Å²) in [4.78, 5) is 25.4. The zero-order valence-corrected chi connectivity index (χ0v) is 13.8. The molecule has 0 bridgehead atoms. The number of H-pyrrole nitrogens is 1. The molecule has 0 saturated carbocycles. The number of nitrogens with one attached hydrogen (secondary N) is 1. The summed E-state index contributed by atoms with van der Waals surface area (Å²) in [5, 5.41) is 0. The van der Waals surface area contributed by atoms with E-state index in [-0.39, 0.29) is 17.7 Å². The molecule has 0 radical (unpaired) electrons. The fourth-order valence-electron chi connectivity index (χ4n) is 2.23. The van der Waals surface area contributed by atoms with Gasteiger partial charge in [0.1, 0.15) is 6.23 Å². The van der Waals surface area contributed by atoms with E-state index in [1.807, 2.05) is 20.8 Å². The highest BCUT2D eigenvalue weighted by Gasteiger charge is 2.34. The Morgan fingerprint density at radius 2 is 2.14 bits per heavy atom. The zero-order valence-electron chi connectivity index (χ0n) is 13.8. The molecule has 0 spiro atoms. The van der Waals surface area contributed by atoms with Crippen LogP contribution in [0.1, 0.15) is 45.4 Å². The lowest BCUT2D eigenvalue weighted by Crippen LogP contribution is -2.34. The van der Waals surface area contributed by atoms with Gasteiger partial charge in [-0.15, -0.1) is 0 Å². The van der Waals surface area contributed by atoms with E-state index in [0.717, 1.165) is 6.42 Å². The second-order valence-corrected chi connectivity index (χ2v) is 5.08. The second kappa shape index (κ2) is 8.87. The summed E-state index contributed by atoms with van der Waals surface area (Å²) in [5.41, 5.74) is 5.62. The zero-order chi connectivity index (χ0) is 16.7. The first-order valence-corrected chi connectivity index (χ1v) is 7.83. The Balaban J connectivity index is 0.00000116. The van der Waals surface area contributed by atoms with Crippen molar-refractivity contribution in [3.05, 3.63) is 32.6 Å². The average molecular weight is 313 g/mol. The van der Waals surface area contributed by atoms with E-state index in [4.69, 9.17) is 15.2 Å². The Bertz CT molecular complexity index is 567.